The molecule has 6 nitrogen and oxygen atoms in total. The van der Waals surface area contributed by atoms with Crippen LogP contribution in [-0.2, 0) is 16.0 Å². The standard InChI is InChI=1S/C18H19N3O3/c1-13(18(23)24-7-6-22)4-2-3-5-14-8-16(11-20)17(12-21)9-15(14)10-19/h8-9,13,22H,2-7H2,1H3. The highest BCUT2D eigenvalue weighted by atomic mass is 16.5. The third kappa shape index (κ3) is 5.39. The normalized spacial score (nSPS) is 11.0. The summed E-state index contributed by atoms with van der Waals surface area (Å²) in [6, 6.07) is 8.98. The van der Waals surface area contributed by atoms with Crippen LogP contribution in [0, 0.1) is 39.9 Å². The second kappa shape index (κ2) is 10.0. The Morgan fingerprint density at radius 3 is 2.33 bits per heavy atom. The molecule has 24 heavy (non-hydrogen) atoms. The van der Waals surface area contributed by atoms with Crippen molar-refractivity contribution in [3.05, 3.63) is 34.4 Å². The number of carbonyl (C=O) groups excluding carboxylic acids is 1. The molecule has 1 N–H and O–H groups in total. The summed E-state index contributed by atoms with van der Waals surface area (Å²) in [6.07, 6.45) is 2.76. The van der Waals surface area contributed by atoms with E-state index >= 15 is 0 Å². The van der Waals surface area contributed by atoms with Crippen molar-refractivity contribution >= 4 is 5.97 Å². The van der Waals surface area contributed by atoms with Crippen molar-refractivity contribution < 1.29 is 14.6 Å². The summed E-state index contributed by atoms with van der Waals surface area (Å²) in [5, 5.41) is 35.8. The van der Waals surface area contributed by atoms with Gasteiger partial charge in [0.05, 0.1) is 35.3 Å². The Labute approximate surface area is 141 Å². The Hall–Kier alpha value is -2.88. The van der Waals surface area contributed by atoms with Gasteiger partial charge in [-0.25, -0.2) is 0 Å². The van der Waals surface area contributed by atoms with Crippen molar-refractivity contribution in [2.45, 2.75) is 32.6 Å². The second-order valence-electron chi connectivity index (χ2n) is 5.43. The highest BCUT2D eigenvalue weighted by Gasteiger charge is 2.14. The van der Waals surface area contributed by atoms with Crippen LogP contribution in [0.25, 0.3) is 0 Å². The van der Waals surface area contributed by atoms with E-state index in [4.69, 9.17) is 20.4 Å². The zero-order chi connectivity index (χ0) is 17.9. The van der Waals surface area contributed by atoms with Crippen molar-refractivity contribution in [1.82, 2.24) is 0 Å². The number of nitriles is 3. The van der Waals surface area contributed by atoms with Crippen LogP contribution in [0.2, 0.25) is 0 Å². The average molecular weight is 325 g/mol. The summed E-state index contributed by atoms with van der Waals surface area (Å²) in [4.78, 5) is 11.6. The Bertz CT molecular complexity index is 708. The molecule has 0 aliphatic heterocycles. The van der Waals surface area contributed by atoms with Gasteiger partial charge in [0.2, 0.25) is 0 Å². The van der Waals surface area contributed by atoms with E-state index in [1.54, 1.807) is 13.0 Å². The maximum atomic E-state index is 11.6. The third-order valence-electron chi connectivity index (χ3n) is 3.68. The smallest absolute Gasteiger partial charge is 0.308 e. The van der Waals surface area contributed by atoms with E-state index in [0.29, 0.717) is 18.4 Å². The Kier molecular flexibility index (Phi) is 7.99. The van der Waals surface area contributed by atoms with Crippen LogP contribution in [0.3, 0.4) is 0 Å². The van der Waals surface area contributed by atoms with Gasteiger partial charge >= 0.3 is 5.97 Å². The van der Waals surface area contributed by atoms with Gasteiger partial charge in [-0.3, -0.25) is 4.79 Å². The predicted molar refractivity (Wildman–Crippen MR) is 85.4 cm³/mol. The van der Waals surface area contributed by atoms with Gasteiger partial charge in [-0.15, -0.1) is 0 Å². The average Bonchev–Trinajstić information content (AvgIpc) is 2.62. The van der Waals surface area contributed by atoms with Gasteiger partial charge in [-0.2, -0.15) is 15.8 Å². The molecule has 0 aliphatic rings. The van der Waals surface area contributed by atoms with Crippen LogP contribution in [-0.4, -0.2) is 24.3 Å². The molecule has 0 saturated heterocycles. The number of ether oxygens (including phenoxy) is 1. The molecular formula is C18H19N3O3. The van der Waals surface area contributed by atoms with Crippen LogP contribution in [0.4, 0.5) is 0 Å². The van der Waals surface area contributed by atoms with E-state index in [1.807, 2.05) is 12.1 Å². The fourth-order valence-corrected chi connectivity index (χ4v) is 2.31. The van der Waals surface area contributed by atoms with E-state index in [-0.39, 0.29) is 36.2 Å². The van der Waals surface area contributed by atoms with Crippen molar-refractivity contribution in [1.29, 1.82) is 15.8 Å². The lowest BCUT2D eigenvalue weighted by atomic mass is 9.95. The molecule has 1 aromatic rings. The summed E-state index contributed by atoms with van der Waals surface area (Å²) in [7, 11) is 0. The maximum absolute atomic E-state index is 11.6. The van der Waals surface area contributed by atoms with Gasteiger partial charge in [0.1, 0.15) is 18.7 Å². The first-order valence-electron chi connectivity index (χ1n) is 7.72. The molecule has 1 aromatic carbocycles. The van der Waals surface area contributed by atoms with E-state index in [0.717, 1.165) is 18.4 Å². The summed E-state index contributed by atoms with van der Waals surface area (Å²) in [5.74, 6) is -0.575. The molecule has 1 atom stereocenters. The minimum Gasteiger partial charge on any atom is -0.463 e. The number of aliphatic hydroxyl groups is 1. The highest BCUT2D eigenvalue weighted by Crippen LogP contribution is 2.19. The summed E-state index contributed by atoms with van der Waals surface area (Å²) < 4.78 is 4.86. The highest BCUT2D eigenvalue weighted by molar-refractivity contribution is 5.71. The molecular weight excluding hydrogens is 306 g/mol. The first-order valence-corrected chi connectivity index (χ1v) is 7.72. The molecule has 0 amide bonds. The molecule has 0 saturated carbocycles. The number of unbranched alkanes of at least 4 members (excludes halogenated alkanes) is 1. The van der Waals surface area contributed by atoms with Crippen molar-refractivity contribution in [2.75, 3.05) is 13.2 Å². The molecule has 6 heteroatoms. The quantitative estimate of drug-likeness (QED) is 0.578. The fourth-order valence-electron chi connectivity index (χ4n) is 2.31. The SMILES string of the molecule is CC(CCCCc1cc(C#N)c(C#N)cc1C#N)C(=O)OCCO. The number of aliphatic hydroxyl groups excluding tert-OH is 1. The molecule has 1 rings (SSSR count). The lowest BCUT2D eigenvalue weighted by molar-refractivity contribution is -0.149. The molecule has 0 radical (unpaired) electrons. The van der Waals surface area contributed by atoms with E-state index in [1.165, 1.54) is 6.07 Å². The zero-order valence-corrected chi connectivity index (χ0v) is 13.6. The third-order valence-corrected chi connectivity index (χ3v) is 3.68. The molecule has 0 fully saturated rings. The molecule has 0 aliphatic carbocycles. The number of benzene rings is 1. The molecule has 0 aromatic heterocycles. The number of esters is 1. The van der Waals surface area contributed by atoms with Gasteiger partial charge in [0, 0.05) is 0 Å². The summed E-state index contributed by atoms with van der Waals surface area (Å²) in [5.41, 5.74) is 1.62. The van der Waals surface area contributed by atoms with E-state index in [9.17, 15) is 10.1 Å². The van der Waals surface area contributed by atoms with Crippen molar-refractivity contribution in [3.8, 4) is 18.2 Å². The Balaban J connectivity index is 2.60. The number of aryl methyl sites for hydroxylation is 1. The Morgan fingerprint density at radius 1 is 1.12 bits per heavy atom. The molecule has 0 spiro atoms. The van der Waals surface area contributed by atoms with Crippen LogP contribution in [0.5, 0.6) is 0 Å². The zero-order valence-electron chi connectivity index (χ0n) is 13.6. The predicted octanol–water partition coefficient (Wildman–Crippen LogP) is 2.19. The van der Waals surface area contributed by atoms with E-state index < -0.39 is 0 Å². The first kappa shape index (κ1) is 19.2. The molecule has 0 bridgehead atoms. The van der Waals surface area contributed by atoms with Gasteiger partial charge in [-0.05, 0) is 37.0 Å². The van der Waals surface area contributed by atoms with Gasteiger partial charge in [0.25, 0.3) is 0 Å². The minimum atomic E-state index is -0.327. The molecule has 0 heterocycles. The molecule has 124 valence electrons. The monoisotopic (exact) mass is 325 g/mol. The fraction of sp³-hybridized carbons (Fsp3) is 0.444. The number of carbonyl (C=O) groups is 1. The van der Waals surface area contributed by atoms with Gasteiger partial charge < -0.3 is 9.84 Å². The molecule has 1 unspecified atom stereocenters. The van der Waals surface area contributed by atoms with Crippen LogP contribution in [0.15, 0.2) is 12.1 Å². The Morgan fingerprint density at radius 2 is 1.75 bits per heavy atom. The van der Waals surface area contributed by atoms with E-state index in [2.05, 4.69) is 6.07 Å². The maximum Gasteiger partial charge on any atom is 0.308 e. The number of hydrogen-bond acceptors (Lipinski definition) is 6. The minimum absolute atomic E-state index is 0.0108. The second-order valence-corrected chi connectivity index (χ2v) is 5.43. The number of hydrogen-bond donors (Lipinski definition) is 1. The van der Waals surface area contributed by atoms with Gasteiger partial charge in [0.15, 0.2) is 0 Å². The van der Waals surface area contributed by atoms with Gasteiger partial charge in [-0.1, -0.05) is 13.3 Å². The van der Waals surface area contributed by atoms with Crippen LogP contribution >= 0.6 is 0 Å². The van der Waals surface area contributed by atoms with Crippen molar-refractivity contribution in [3.63, 3.8) is 0 Å². The van der Waals surface area contributed by atoms with Crippen molar-refractivity contribution in [2.24, 2.45) is 5.92 Å². The summed E-state index contributed by atoms with van der Waals surface area (Å²) >= 11 is 0. The lowest BCUT2D eigenvalue weighted by Crippen LogP contribution is -2.16. The van der Waals surface area contributed by atoms with Crippen LogP contribution in [0.1, 0.15) is 48.4 Å². The lowest BCUT2D eigenvalue weighted by Gasteiger charge is -2.11. The van der Waals surface area contributed by atoms with Crippen LogP contribution < -0.4 is 0 Å². The number of nitrogens with zero attached hydrogens (tertiary/aromatic N) is 3. The first-order chi connectivity index (χ1) is 11.6. The topological polar surface area (TPSA) is 118 Å². The number of rotatable bonds is 8. The summed E-state index contributed by atoms with van der Waals surface area (Å²) in [6.45, 7) is 1.60. The largest absolute Gasteiger partial charge is 0.463 e.